The molecule has 2 aliphatic rings. The van der Waals surface area contributed by atoms with Crippen molar-refractivity contribution in [1.82, 2.24) is 19.8 Å². The minimum absolute atomic E-state index is 0.0224. The van der Waals surface area contributed by atoms with E-state index in [-0.39, 0.29) is 24.2 Å². The number of fused-ring (bicyclic) bond motifs is 2. The van der Waals surface area contributed by atoms with Crippen LogP contribution in [0.4, 0.5) is 11.5 Å². The number of Topliss-reactive ketones (excluding diaryl/α,β-unsaturated/α-hetero) is 1. The van der Waals surface area contributed by atoms with Crippen LogP contribution in [0.2, 0.25) is 0 Å². The number of anilines is 2. The molecule has 1 fully saturated rings. The molecule has 1 amide bonds. The zero-order valence-electron chi connectivity index (χ0n) is 21.1. The lowest BCUT2D eigenvalue weighted by atomic mass is 9.88. The number of carbonyl (C=O) groups is 2. The number of hydrogen-bond acceptors (Lipinski definition) is 6. The van der Waals surface area contributed by atoms with Crippen LogP contribution < -0.4 is 4.90 Å². The molecule has 3 heterocycles. The maximum Gasteiger partial charge on any atom is 0.246 e. The zero-order valence-corrected chi connectivity index (χ0v) is 21.1. The Hall–Kier alpha value is -3.42. The summed E-state index contributed by atoms with van der Waals surface area (Å²) in [5.41, 5.74) is 2.89. The molecule has 2 aromatic carbocycles. The van der Waals surface area contributed by atoms with E-state index >= 15 is 0 Å². The number of carbonyl (C=O) groups excluding carboxylic acids is 2. The van der Waals surface area contributed by atoms with Crippen molar-refractivity contribution in [2.24, 2.45) is 0 Å². The van der Waals surface area contributed by atoms with Gasteiger partial charge in [0, 0.05) is 43.9 Å². The van der Waals surface area contributed by atoms with Crippen LogP contribution in [-0.4, -0.2) is 70.7 Å². The summed E-state index contributed by atoms with van der Waals surface area (Å²) in [5.74, 6) is 0.462. The lowest BCUT2D eigenvalue weighted by Crippen LogP contribution is -2.49. The second-order valence-electron chi connectivity index (χ2n) is 9.50. The van der Waals surface area contributed by atoms with Crippen LogP contribution in [0.1, 0.15) is 48.5 Å². The van der Waals surface area contributed by atoms with E-state index < -0.39 is 0 Å². The van der Waals surface area contributed by atoms with Crippen molar-refractivity contribution in [2.75, 3.05) is 44.2 Å². The predicted octanol–water partition coefficient (Wildman–Crippen LogP) is 4.53. The van der Waals surface area contributed by atoms with Gasteiger partial charge in [-0.25, -0.2) is 9.97 Å². The Labute approximate surface area is 212 Å². The lowest BCUT2D eigenvalue weighted by Gasteiger charge is -2.34. The van der Waals surface area contributed by atoms with Crippen LogP contribution in [0.3, 0.4) is 0 Å². The van der Waals surface area contributed by atoms with Crippen molar-refractivity contribution in [3.05, 3.63) is 71.9 Å². The van der Waals surface area contributed by atoms with E-state index in [9.17, 15) is 9.59 Å². The molecule has 0 radical (unpaired) electrons. The summed E-state index contributed by atoms with van der Waals surface area (Å²) in [5, 5.41) is 0. The van der Waals surface area contributed by atoms with Crippen molar-refractivity contribution < 1.29 is 9.59 Å². The predicted molar refractivity (Wildman–Crippen MR) is 142 cm³/mol. The van der Waals surface area contributed by atoms with Gasteiger partial charge in [0.15, 0.2) is 17.4 Å². The highest BCUT2D eigenvalue weighted by Gasteiger charge is 2.37. The summed E-state index contributed by atoms with van der Waals surface area (Å²) in [7, 11) is 0. The minimum atomic E-state index is -0.331. The van der Waals surface area contributed by atoms with Crippen molar-refractivity contribution in [1.29, 1.82) is 0 Å². The summed E-state index contributed by atoms with van der Waals surface area (Å²) in [6.07, 6.45) is 3.18. The highest BCUT2D eigenvalue weighted by atomic mass is 16.2. The normalized spacial score (nSPS) is 18.4. The van der Waals surface area contributed by atoms with Gasteiger partial charge in [0.05, 0.1) is 17.8 Å². The highest BCUT2D eigenvalue weighted by Crippen LogP contribution is 2.42. The molecule has 186 valence electrons. The largest absolute Gasteiger partial charge is 0.301 e. The van der Waals surface area contributed by atoms with E-state index in [1.54, 1.807) is 11.1 Å². The van der Waals surface area contributed by atoms with Gasteiger partial charge < -0.3 is 4.90 Å². The van der Waals surface area contributed by atoms with Gasteiger partial charge in [0.25, 0.3) is 0 Å². The molecule has 5 rings (SSSR count). The number of nitrogens with zero attached hydrogens (tertiary/aromatic N) is 5. The Morgan fingerprint density at radius 2 is 1.64 bits per heavy atom. The molecule has 3 aromatic rings. The molecule has 0 saturated carbocycles. The van der Waals surface area contributed by atoms with E-state index in [0.29, 0.717) is 23.6 Å². The monoisotopic (exact) mass is 483 g/mol. The Morgan fingerprint density at radius 3 is 2.36 bits per heavy atom. The van der Waals surface area contributed by atoms with Gasteiger partial charge in [-0.05, 0) is 24.6 Å². The molecule has 0 N–H and O–H groups in total. The Kier molecular flexibility index (Phi) is 7.20. The van der Waals surface area contributed by atoms with E-state index in [0.717, 1.165) is 56.0 Å². The van der Waals surface area contributed by atoms with Gasteiger partial charge in [-0.1, -0.05) is 68.8 Å². The molecule has 1 saturated heterocycles. The van der Waals surface area contributed by atoms with Crippen LogP contribution in [0, 0.1) is 0 Å². The molecule has 0 bridgehead atoms. The van der Waals surface area contributed by atoms with Crippen LogP contribution >= 0.6 is 0 Å². The summed E-state index contributed by atoms with van der Waals surface area (Å²) in [4.78, 5) is 43.5. The van der Waals surface area contributed by atoms with Crippen molar-refractivity contribution >= 4 is 23.2 Å². The number of hydrogen-bond donors (Lipinski definition) is 0. The van der Waals surface area contributed by atoms with Gasteiger partial charge in [0.2, 0.25) is 5.91 Å². The maximum absolute atomic E-state index is 14.0. The molecule has 0 aliphatic carbocycles. The Bertz CT molecular complexity index is 1240. The number of piperazine rings is 1. The number of rotatable bonds is 6. The first kappa shape index (κ1) is 24.3. The smallest absolute Gasteiger partial charge is 0.246 e. The molecule has 1 atom stereocenters. The minimum Gasteiger partial charge on any atom is -0.301 e. The Morgan fingerprint density at radius 1 is 0.944 bits per heavy atom. The zero-order chi connectivity index (χ0) is 25.1. The van der Waals surface area contributed by atoms with Crippen LogP contribution in [0.25, 0.3) is 11.4 Å². The summed E-state index contributed by atoms with van der Waals surface area (Å²) in [6.45, 7) is 9.14. The number of amides is 1. The van der Waals surface area contributed by atoms with E-state index in [2.05, 4.69) is 28.6 Å². The molecule has 7 heteroatoms. The topological polar surface area (TPSA) is 69.6 Å². The van der Waals surface area contributed by atoms with Crippen LogP contribution in [0.15, 0.2) is 60.8 Å². The molecular weight excluding hydrogens is 450 g/mol. The number of para-hydroxylation sites is 1. The molecular formula is C29H33N5O2. The average molecular weight is 484 g/mol. The van der Waals surface area contributed by atoms with Crippen LogP contribution in [-0.2, 0) is 4.79 Å². The molecule has 2 aliphatic heterocycles. The van der Waals surface area contributed by atoms with E-state index in [4.69, 9.17) is 4.98 Å². The third kappa shape index (κ3) is 4.68. The third-order valence-corrected chi connectivity index (χ3v) is 7.25. The summed E-state index contributed by atoms with van der Waals surface area (Å²) in [6, 6.07) is 17.5. The quantitative estimate of drug-likeness (QED) is 0.513. The number of ketones is 1. The third-order valence-electron chi connectivity index (χ3n) is 7.25. The lowest BCUT2D eigenvalue weighted by molar-refractivity contribution is -0.119. The first-order chi connectivity index (χ1) is 17.6. The maximum atomic E-state index is 14.0. The van der Waals surface area contributed by atoms with Crippen LogP contribution in [0.5, 0.6) is 0 Å². The molecule has 7 nitrogen and oxygen atoms in total. The standard InChI is InChI=1S/C29H33N5O2/c1-3-10-23-22-13-8-9-14-25(22)34(26(35)20-33-17-15-32(4-2)16-18-33)29-24(27(23)36)19-30-28(31-29)21-11-6-5-7-12-21/h5-9,11-14,19,23H,3-4,10,15-18,20H2,1-2H3. The van der Waals surface area contributed by atoms with Gasteiger partial charge >= 0.3 is 0 Å². The fraction of sp³-hybridized carbons (Fsp3) is 0.379. The Balaban J connectivity index is 1.60. The van der Waals surface area contributed by atoms with Crippen molar-refractivity contribution in [3.63, 3.8) is 0 Å². The van der Waals surface area contributed by atoms with Gasteiger partial charge in [-0.3, -0.25) is 19.4 Å². The first-order valence-electron chi connectivity index (χ1n) is 12.9. The second-order valence-corrected chi connectivity index (χ2v) is 9.50. The number of likely N-dealkylation sites (N-methyl/N-ethyl adjacent to an activating group) is 1. The average Bonchev–Trinajstić information content (AvgIpc) is 3.02. The van der Waals surface area contributed by atoms with E-state index in [1.165, 1.54) is 0 Å². The van der Waals surface area contributed by atoms with Gasteiger partial charge in [0.1, 0.15) is 0 Å². The fourth-order valence-electron chi connectivity index (χ4n) is 5.23. The van der Waals surface area contributed by atoms with Crippen molar-refractivity contribution in [3.8, 4) is 11.4 Å². The fourth-order valence-corrected chi connectivity index (χ4v) is 5.23. The molecule has 1 aromatic heterocycles. The first-order valence-corrected chi connectivity index (χ1v) is 12.9. The highest BCUT2D eigenvalue weighted by molar-refractivity contribution is 6.13. The van der Waals surface area contributed by atoms with E-state index in [1.807, 2.05) is 54.6 Å². The summed E-state index contributed by atoms with van der Waals surface area (Å²) < 4.78 is 0. The molecule has 1 unspecified atom stereocenters. The van der Waals surface area contributed by atoms with Gasteiger partial charge in [-0.2, -0.15) is 0 Å². The second kappa shape index (κ2) is 10.7. The van der Waals surface area contributed by atoms with Gasteiger partial charge in [-0.15, -0.1) is 0 Å². The number of benzene rings is 2. The SMILES string of the molecule is CCCC1C(=O)c2cnc(-c3ccccc3)nc2N(C(=O)CN2CCN(CC)CC2)c2ccccc21. The number of aromatic nitrogens is 2. The summed E-state index contributed by atoms with van der Waals surface area (Å²) >= 11 is 0. The molecule has 0 spiro atoms. The molecule has 36 heavy (non-hydrogen) atoms. The van der Waals surface area contributed by atoms with Crippen molar-refractivity contribution in [2.45, 2.75) is 32.6 Å².